The normalized spacial score (nSPS) is 20.4. The van der Waals surface area contributed by atoms with Crippen molar-refractivity contribution >= 4 is 5.91 Å². The number of hydrogen-bond acceptors (Lipinski definition) is 4. The van der Waals surface area contributed by atoms with Gasteiger partial charge in [-0.15, -0.1) is 5.10 Å². The third-order valence-electron chi connectivity index (χ3n) is 4.40. The summed E-state index contributed by atoms with van der Waals surface area (Å²) >= 11 is 0. The highest BCUT2D eigenvalue weighted by atomic mass is 16.5. The molecular formula is C18H24N4O2. The van der Waals surface area contributed by atoms with E-state index in [4.69, 9.17) is 4.74 Å². The van der Waals surface area contributed by atoms with Crippen LogP contribution in [-0.2, 0) is 11.2 Å². The summed E-state index contributed by atoms with van der Waals surface area (Å²) in [6.45, 7) is 5.27. The molecule has 0 spiro atoms. The molecule has 1 aliphatic rings. The molecule has 0 radical (unpaired) electrons. The molecule has 6 heteroatoms. The molecule has 1 aliphatic carbocycles. The van der Waals surface area contributed by atoms with Gasteiger partial charge in [0.15, 0.2) is 0 Å². The first-order valence-corrected chi connectivity index (χ1v) is 8.49. The third kappa shape index (κ3) is 4.34. The van der Waals surface area contributed by atoms with E-state index in [0.717, 1.165) is 17.9 Å². The summed E-state index contributed by atoms with van der Waals surface area (Å²) in [6.07, 6.45) is 3.63. The molecular weight excluding hydrogens is 304 g/mol. The van der Waals surface area contributed by atoms with E-state index in [1.807, 2.05) is 43.5 Å². The molecule has 1 aromatic heterocycles. The SMILES string of the molecule is CC(CNC(=O)[C@@H]1C[C@H]1C)n1cc(CCOc2ccccc2)nn1. The molecule has 3 atom stereocenters. The number of aromatic nitrogens is 3. The molecule has 1 fully saturated rings. The van der Waals surface area contributed by atoms with E-state index >= 15 is 0 Å². The Hall–Kier alpha value is -2.37. The highest BCUT2D eigenvalue weighted by Crippen LogP contribution is 2.37. The van der Waals surface area contributed by atoms with Gasteiger partial charge in [0, 0.05) is 25.1 Å². The lowest BCUT2D eigenvalue weighted by Crippen LogP contribution is -2.31. The molecule has 128 valence electrons. The van der Waals surface area contributed by atoms with E-state index in [-0.39, 0.29) is 17.9 Å². The fourth-order valence-corrected chi connectivity index (χ4v) is 2.59. The number of amides is 1. The zero-order chi connectivity index (χ0) is 16.9. The van der Waals surface area contributed by atoms with E-state index in [0.29, 0.717) is 25.5 Å². The minimum atomic E-state index is 0.0827. The summed E-state index contributed by atoms with van der Waals surface area (Å²) in [5.74, 6) is 1.75. The van der Waals surface area contributed by atoms with Gasteiger partial charge in [-0.05, 0) is 31.4 Å². The van der Waals surface area contributed by atoms with Crippen molar-refractivity contribution in [2.75, 3.05) is 13.2 Å². The number of para-hydroxylation sites is 1. The standard InChI is InChI=1S/C18H24N4O2/c1-13-10-17(13)18(23)19-11-14(2)22-12-15(20-21-22)8-9-24-16-6-4-3-5-7-16/h3-7,12-14,17H,8-11H2,1-2H3,(H,19,23)/t13-,14?,17-/m1/s1. The Bertz CT molecular complexity index is 671. The van der Waals surface area contributed by atoms with Gasteiger partial charge in [-0.25, -0.2) is 4.68 Å². The average molecular weight is 328 g/mol. The Balaban J connectivity index is 1.41. The summed E-state index contributed by atoms with van der Waals surface area (Å²) in [7, 11) is 0. The van der Waals surface area contributed by atoms with E-state index < -0.39 is 0 Å². The van der Waals surface area contributed by atoms with Crippen LogP contribution in [0.25, 0.3) is 0 Å². The molecule has 2 aromatic rings. The van der Waals surface area contributed by atoms with Gasteiger partial charge in [-0.3, -0.25) is 4.79 Å². The van der Waals surface area contributed by atoms with Gasteiger partial charge in [0.2, 0.25) is 5.91 Å². The maximum Gasteiger partial charge on any atom is 0.223 e. The molecule has 24 heavy (non-hydrogen) atoms. The van der Waals surface area contributed by atoms with Crippen molar-refractivity contribution in [2.45, 2.75) is 32.7 Å². The Morgan fingerprint density at radius 1 is 1.42 bits per heavy atom. The first-order chi connectivity index (χ1) is 11.6. The highest BCUT2D eigenvalue weighted by molar-refractivity contribution is 5.81. The predicted octanol–water partition coefficient (Wildman–Crippen LogP) is 2.23. The van der Waals surface area contributed by atoms with Gasteiger partial charge in [0.1, 0.15) is 5.75 Å². The fraction of sp³-hybridized carbons (Fsp3) is 0.500. The maximum atomic E-state index is 11.9. The summed E-state index contributed by atoms with van der Waals surface area (Å²) in [6, 6.07) is 9.81. The zero-order valence-corrected chi connectivity index (χ0v) is 14.2. The molecule has 1 saturated carbocycles. The summed E-state index contributed by atoms with van der Waals surface area (Å²) < 4.78 is 7.47. The number of carbonyl (C=O) groups is 1. The number of benzene rings is 1. The lowest BCUT2D eigenvalue weighted by molar-refractivity contribution is -0.122. The first kappa shape index (κ1) is 16.5. The van der Waals surface area contributed by atoms with Crippen LogP contribution < -0.4 is 10.1 Å². The van der Waals surface area contributed by atoms with E-state index in [2.05, 4.69) is 22.6 Å². The minimum Gasteiger partial charge on any atom is -0.493 e. The van der Waals surface area contributed by atoms with Crippen LogP contribution in [0.15, 0.2) is 36.5 Å². The Labute approximate surface area is 142 Å². The topological polar surface area (TPSA) is 69.0 Å². The number of ether oxygens (including phenoxy) is 1. The molecule has 1 unspecified atom stereocenters. The summed E-state index contributed by atoms with van der Waals surface area (Å²) in [5, 5.41) is 11.3. The second kappa shape index (κ2) is 7.47. The van der Waals surface area contributed by atoms with Crippen molar-refractivity contribution in [1.29, 1.82) is 0 Å². The lowest BCUT2D eigenvalue weighted by atomic mass is 10.3. The van der Waals surface area contributed by atoms with E-state index in [1.165, 1.54) is 0 Å². The first-order valence-electron chi connectivity index (χ1n) is 8.49. The molecule has 1 heterocycles. The van der Waals surface area contributed by atoms with Gasteiger partial charge in [0.25, 0.3) is 0 Å². The van der Waals surface area contributed by atoms with E-state index in [1.54, 1.807) is 4.68 Å². The second-order valence-electron chi connectivity index (χ2n) is 6.52. The molecule has 6 nitrogen and oxygen atoms in total. The largest absolute Gasteiger partial charge is 0.493 e. The molecule has 3 rings (SSSR count). The maximum absolute atomic E-state index is 11.9. The Morgan fingerprint density at radius 3 is 2.88 bits per heavy atom. The number of rotatable bonds is 8. The van der Waals surface area contributed by atoms with Crippen molar-refractivity contribution in [3.63, 3.8) is 0 Å². The van der Waals surface area contributed by atoms with Crippen LogP contribution >= 0.6 is 0 Å². The average Bonchev–Trinajstić information content (AvgIpc) is 3.14. The number of nitrogens with zero attached hydrogens (tertiary/aromatic N) is 3. The third-order valence-corrected chi connectivity index (χ3v) is 4.40. The van der Waals surface area contributed by atoms with Crippen molar-refractivity contribution in [3.05, 3.63) is 42.2 Å². The van der Waals surface area contributed by atoms with Gasteiger partial charge in [-0.1, -0.05) is 30.3 Å². The molecule has 1 amide bonds. The van der Waals surface area contributed by atoms with Crippen molar-refractivity contribution in [3.8, 4) is 5.75 Å². The van der Waals surface area contributed by atoms with Crippen molar-refractivity contribution in [1.82, 2.24) is 20.3 Å². The van der Waals surface area contributed by atoms with Gasteiger partial charge in [-0.2, -0.15) is 0 Å². The van der Waals surface area contributed by atoms with Crippen LogP contribution in [0.3, 0.4) is 0 Å². The Kier molecular flexibility index (Phi) is 5.13. The van der Waals surface area contributed by atoms with Gasteiger partial charge >= 0.3 is 0 Å². The quantitative estimate of drug-likeness (QED) is 0.807. The number of hydrogen-bond donors (Lipinski definition) is 1. The molecule has 1 N–H and O–H groups in total. The predicted molar refractivity (Wildman–Crippen MR) is 90.7 cm³/mol. The second-order valence-corrected chi connectivity index (χ2v) is 6.52. The number of carbonyl (C=O) groups excluding carboxylic acids is 1. The van der Waals surface area contributed by atoms with Crippen LogP contribution in [0, 0.1) is 11.8 Å². The Morgan fingerprint density at radius 2 is 2.17 bits per heavy atom. The smallest absolute Gasteiger partial charge is 0.223 e. The highest BCUT2D eigenvalue weighted by Gasteiger charge is 2.38. The molecule has 1 aromatic carbocycles. The van der Waals surface area contributed by atoms with Gasteiger partial charge in [0.05, 0.1) is 18.3 Å². The monoisotopic (exact) mass is 328 g/mol. The van der Waals surface area contributed by atoms with Crippen LogP contribution in [0.1, 0.15) is 32.0 Å². The van der Waals surface area contributed by atoms with Crippen LogP contribution in [0.2, 0.25) is 0 Å². The van der Waals surface area contributed by atoms with Crippen LogP contribution in [-0.4, -0.2) is 34.1 Å². The van der Waals surface area contributed by atoms with E-state index in [9.17, 15) is 4.79 Å². The van der Waals surface area contributed by atoms with Crippen LogP contribution in [0.5, 0.6) is 5.75 Å². The molecule has 0 saturated heterocycles. The summed E-state index contributed by atoms with van der Waals surface area (Å²) in [5.41, 5.74) is 0.889. The van der Waals surface area contributed by atoms with Crippen LogP contribution in [0.4, 0.5) is 0 Å². The number of nitrogens with one attached hydrogen (secondary N) is 1. The van der Waals surface area contributed by atoms with Crippen molar-refractivity contribution in [2.24, 2.45) is 11.8 Å². The molecule has 0 bridgehead atoms. The van der Waals surface area contributed by atoms with Crippen molar-refractivity contribution < 1.29 is 9.53 Å². The molecule has 0 aliphatic heterocycles. The zero-order valence-electron chi connectivity index (χ0n) is 14.2. The lowest BCUT2D eigenvalue weighted by Gasteiger charge is -2.12. The fourth-order valence-electron chi connectivity index (χ4n) is 2.59. The minimum absolute atomic E-state index is 0.0827. The summed E-state index contributed by atoms with van der Waals surface area (Å²) in [4.78, 5) is 11.9. The van der Waals surface area contributed by atoms with Gasteiger partial charge < -0.3 is 10.1 Å².